The molecule has 1 fully saturated rings. The molecule has 0 radical (unpaired) electrons. The molecule has 5 nitrogen and oxygen atoms in total. The molecule has 1 aromatic rings. The van der Waals surface area contributed by atoms with Gasteiger partial charge >= 0.3 is 11.7 Å². The summed E-state index contributed by atoms with van der Waals surface area (Å²) in [6, 6.07) is 0. The van der Waals surface area contributed by atoms with Crippen LogP contribution in [0.2, 0.25) is 0 Å². The number of carbonyl (C=O) groups is 1. The molecule has 1 aromatic heterocycles. The zero-order chi connectivity index (χ0) is 14.2. The quantitative estimate of drug-likeness (QED) is 0.875. The molecule has 5 heteroatoms. The van der Waals surface area contributed by atoms with Gasteiger partial charge in [-0.05, 0) is 44.6 Å². The van der Waals surface area contributed by atoms with Gasteiger partial charge in [-0.3, -0.25) is 9.36 Å². The Hall–Kier alpha value is -1.65. The summed E-state index contributed by atoms with van der Waals surface area (Å²) in [6.45, 7) is 6.06. The first-order chi connectivity index (χ1) is 8.90. The Bertz CT molecular complexity index is 559. The molecule has 1 aliphatic rings. The molecule has 0 bridgehead atoms. The molecule has 1 N–H and O–H groups in total. The number of aryl methyl sites for hydroxylation is 1. The highest BCUT2D eigenvalue weighted by Gasteiger charge is 2.24. The van der Waals surface area contributed by atoms with Crippen molar-refractivity contribution in [1.82, 2.24) is 9.55 Å². The van der Waals surface area contributed by atoms with E-state index < -0.39 is 11.9 Å². The maximum absolute atomic E-state index is 11.9. The molecule has 2 rings (SSSR count). The summed E-state index contributed by atoms with van der Waals surface area (Å²) >= 11 is 0. The van der Waals surface area contributed by atoms with Crippen LogP contribution in [0.15, 0.2) is 4.79 Å². The average molecular weight is 264 g/mol. The van der Waals surface area contributed by atoms with Crippen molar-refractivity contribution in [1.29, 1.82) is 0 Å². The smallest absolute Gasteiger partial charge is 0.347 e. The summed E-state index contributed by atoms with van der Waals surface area (Å²) in [5.41, 5.74) is 2.21. The Morgan fingerprint density at radius 3 is 2.63 bits per heavy atom. The molecule has 104 valence electrons. The molecular formula is C14H20N2O3. The van der Waals surface area contributed by atoms with E-state index in [2.05, 4.69) is 4.98 Å². The number of rotatable bonds is 5. The Labute approximate surface area is 112 Å². The topological polar surface area (TPSA) is 72.2 Å². The van der Waals surface area contributed by atoms with Crippen LogP contribution < -0.4 is 5.69 Å². The van der Waals surface area contributed by atoms with E-state index in [9.17, 15) is 9.59 Å². The molecule has 1 saturated carbocycles. The molecule has 1 unspecified atom stereocenters. The first-order valence-corrected chi connectivity index (χ1v) is 6.70. The Balaban J connectivity index is 2.36. The lowest BCUT2D eigenvalue weighted by Crippen LogP contribution is -2.29. The van der Waals surface area contributed by atoms with E-state index in [1.54, 1.807) is 18.4 Å². The fourth-order valence-corrected chi connectivity index (χ4v) is 2.30. The van der Waals surface area contributed by atoms with Crippen molar-refractivity contribution in [2.24, 2.45) is 11.8 Å². The third-order valence-corrected chi connectivity index (χ3v) is 3.84. The second kappa shape index (κ2) is 5.15. The van der Waals surface area contributed by atoms with E-state index in [1.807, 2.05) is 6.92 Å². The summed E-state index contributed by atoms with van der Waals surface area (Å²) in [6.07, 6.45) is 2.76. The molecule has 0 amide bonds. The predicted molar refractivity (Wildman–Crippen MR) is 71.2 cm³/mol. The van der Waals surface area contributed by atoms with E-state index >= 15 is 0 Å². The molecule has 0 aliphatic heterocycles. The second-order valence-electron chi connectivity index (χ2n) is 5.54. The van der Waals surface area contributed by atoms with Crippen LogP contribution >= 0.6 is 0 Å². The van der Waals surface area contributed by atoms with Crippen molar-refractivity contribution in [3.8, 4) is 0 Å². The minimum absolute atomic E-state index is 0.214. The van der Waals surface area contributed by atoms with Gasteiger partial charge in [0.1, 0.15) is 0 Å². The molecule has 0 spiro atoms. The van der Waals surface area contributed by atoms with E-state index in [1.165, 1.54) is 12.8 Å². The van der Waals surface area contributed by atoms with Crippen LogP contribution in [0.25, 0.3) is 0 Å². The van der Waals surface area contributed by atoms with Gasteiger partial charge in [0.2, 0.25) is 0 Å². The van der Waals surface area contributed by atoms with Gasteiger partial charge in [0.05, 0.1) is 5.92 Å². The summed E-state index contributed by atoms with van der Waals surface area (Å²) < 4.78 is 1.70. The van der Waals surface area contributed by atoms with Crippen molar-refractivity contribution >= 4 is 5.97 Å². The van der Waals surface area contributed by atoms with Crippen molar-refractivity contribution in [2.45, 2.75) is 46.6 Å². The van der Waals surface area contributed by atoms with Gasteiger partial charge in [-0.1, -0.05) is 6.92 Å². The second-order valence-corrected chi connectivity index (χ2v) is 5.54. The lowest BCUT2D eigenvalue weighted by Gasteiger charge is -2.16. The van der Waals surface area contributed by atoms with E-state index in [0.29, 0.717) is 24.6 Å². The largest absolute Gasteiger partial charge is 0.481 e. The van der Waals surface area contributed by atoms with E-state index in [0.717, 1.165) is 11.3 Å². The summed E-state index contributed by atoms with van der Waals surface area (Å²) in [7, 11) is 0. The summed E-state index contributed by atoms with van der Waals surface area (Å²) in [5.74, 6) is -0.699. The fourth-order valence-electron chi connectivity index (χ4n) is 2.30. The molecule has 1 heterocycles. The zero-order valence-electron chi connectivity index (χ0n) is 11.6. The standard InChI is InChI=1S/C14H20N2O3/c1-8(13(17)18)6-12-9(2)15-14(19)16(10(12)3)7-11-4-5-11/h8,11H,4-7H2,1-3H3,(H,17,18). The van der Waals surface area contributed by atoms with E-state index in [-0.39, 0.29) is 5.69 Å². The number of hydrogen-bond donors (Lipinski definition) is 1. The Kier molecular flexibility index (Phi) is 3.73. The lowest BCUT2D eigenvalue weighted by atomic mass is 9.99. The van der Waals surface area contributed by atoms with Gasteiger partial charge < -0.3 is 5.11 Å². The molecule has 0 saturated heterocycles. The maximum Gasteiger partial charge on any atom is 0.347 e. The fraction of sp³-hybridized carbons (Fsp3) is 0.643. The SMILES string of the molecule is Cc1nc(=O)n(CC2CC2)c(C)c1CC(C)C(=O)O. The number of aromatic nitrogens is 2. The van der Waals surface area contributed by atoms with Gasteiger partial charge in [-0.2, -0.15) is 4.98 Å². The maximum atomic E-state index is 11.9. The molecule has 19 heavy (non-hydrogen) atoms. The predicted octanol–water partition coefficient (Wildman–Crippen LogP) is 1.53. The highest BCUT2D eigenvalue weighted by Crippen LogP contribution is 2.30. The minimum Gasteiger partial charge on any atom is -0.481 e. The van der Waals surface area contributed by atoms with Crippen molar-refractivity contribution < 1.29 is 9.90 Å². The van der Waals surface area contributed by atoms with Crippen molar-refractivity contribution in [3.05, 3.63) is 27.4 Å². The molecule has 1 atom stereocenters. The number of nitrogens with zero attached hydrogens (tertiary/aromatic N) is 2. The normalized spacial score (nSPS) is 16.4. The number of hydrogen-bond acceptors (Lipinski definition) is 3. The number of aliphatic carboxylic acids is 1. The summed E-state index contributed by atoms with van der Waals surface area (Å²) in [5, 5.41) is 9.02. The molecular weight excluding hydrogens is 244 g/mol. The average Bonchev–Trinajstić information content (AvgIpc) is 3.13. The monoisotopic (exact) mass is 264 g/mol. The Morgan fingerprint density at radius 2 is 2.11 bits per heavy atom. The molecule has 1 aliphatic carbocycles. The number of carboxylic acid groups (broad SMARTS) is 1. The first-order valence-electron chi connectivity index (χ1n) is 6.70. The van der Waals surface area contributed by atoms with Gasteiger partial charge in [-0.15, -0.1) is 0 Å². The highest BCUT2D eigenvalue weighted by atomic mass is 16.4. The minimum atomic E-state index is -0.821. The third kappa shape index (κ3) is 3.03. The van der Waals surface area contributed by atoms with E-state index in [4.69, 9.17) is 5.11 Å². The van der Waals surface area contributed by atoms with Gasteiger partial charge in [0.15, 0.2) is 0 Å². The van der Waals surface area contributed by atoms with Crippen molar-refractivity contribution in [3.63, 3.8) is 0 Å². The van der Waals surface area contributed by atoms with Crippen LogP contribution in [0.3, 0.4) is 0 Å². The Morgan fingerprint density at radius 1 is 1.47 bits per heavy atom. The van der Waals surface area contributed by atoms with Gasteiger partial charge in [0.25, 0.3) is 0 Å². The molecule has 0 aromatic carbocycles. The first kappa shape index (κ1) is 13.8. The van der Waals surface area contributed by atoms with Crippen LogP contribution in [0.5, 0.6) is 0 Å². The van der Waals surface area contributed by atoms with Crippen LogP contribution in [0.4, 0.5) is 0 Å². The van der Waals surface area contributed by atoms with Crippen molar-refractivity contribution in [2.75, 3.05) is 0 Å². The zero-order valence-corrected chi connectivity index (χ0v) is 11.6. The van der Waals surface area contributed by atoms with Crippen LogP contribution in [-0.4, -0.2) is 20.6 Å². The van der Waals surface area contributed by atoms with Gasteiger partial charge in [0, 0.05) is 17.9 Å². The lowest BCUT2D eigenvalue weighted by molar-refractivity contribution is -0.141. The summed E-state index contributed by atoms with van der Waals surface area (Å²) in [4.78, 5) is 27.0. The number of carboxylic acids is 1. The van der Waals surface area contributed by atoms with Crippen LogP contribution in [0.1, 0.15) is 36.7 Å². The van der Waals surface area contributed by atoms with Gasteiger partial charge in [-0.25, -0.2) is 4.79 Å². The van der Waals surface area contributed by atoms with Crippen LogP contribution in [0, 0.1) is 25.7 Å². The third-order valence-electron chi connectivity index (χ3n) is 3.84. The highest BCUT2D eigenvalue weighted by molar-refractivity contribution is 5.70. The van der Waals surface area contributed by atoms with Crippen LogP contribution in [-0.2, 0) is 17.8 Å².